The maximum absolute atomic E-state index is 13.2. The lowest BCUT2D eigenvalue weighted by atomic mass is 10.1. The zero-order chi connectivity index (χ0) is 22.3. The van der Waals surface area contributed by atoms with Crippen LogP contribution in [0.15, 0.2) is 48.7 Å². The SMILES string of the molecule is CCCCCCCCCCNn1cc(CC(F)F)c2ccc3cc4ccccc4nc3c21. The van der Waals surface area contributed by atoms with Gasteiger partial charge in [0.05, 0.1) is 16.6 Å². The summed E-state index contributed by atoms with van der Waals surface area (Å²) in [5.74, 6) is 0. The molecule has 32 heavy (non-hydrogen) atoms. The summed E-state index contributed by atoms with van der Waals surface area (Å²) in [5, 5.41) is 2.95. The second-order valence-electron chi connectivity index (χ2n) is 8.72. The Labute approximate surface area is 188 Å². The van der Waals surface area contributed by atoms with Gasteiger partial charge in [0.15, 0.2) is 0 Å². The number of para-hydroxylation sites is 1. The van der Waals surface area contributed by atoms with E-state index in [-0.39, 0.29) is 6.42 Å². The molecule has 0 spiro atoms. The fourth-order valence-corrected chi connectivity index (χ4v) is 4.53. The Hall–Kier alpha value is -2.69. The van der Waals surface area contributed by atoms with Gasteiger partial charge in [0.25, 0.3) is 0 Å². The van der Waals surface area contributed by atoms with Crippen molar-refractivity contribution in [3.05, 3.63) is 54.2 Å². The topological polar surface area (TPSA) is 29.9 Å². The van der Waals surface area contributed by atoms with Gasteiger partial charge in [0.1, 0.15) is 0 Å². The number of benzene rings is 2. The van der Waals surface area contributed by atoms with Gasteiger partial charge in [0.2, 0.25) is 6.43 Å². The fourth-order valence-electron chi connectivity index (χ4n) is 4.53. The summed E-state index contributed by atoms with van der Waals surface area (Å²) in [4.78, 5) is 4.90. The molecule has 0 saturated carbocycles. The molecule has 0 fully saturated rings. The minimum atomic E-state index is -2.37. The van der Waals surface area contributed by atoms with E-state index < -0.39 is 6.43 Å². The van der Waals surface area contributed by atoms with E-state index >= 15 is 0 Å². The number of hydrogen-bond acceptors (Lipinski definition) is 2. The smallest absolute Gasteiger partial charge is 0.242 e. The normalized spacial score (nSPS) is 11.9. The monoisotopic (exact) mass is 437 g/mol. The molecule has 2 heterocycles. The molecule has 0 aliphatic carbocycles. The van der Waals surface area contributed by atoms with E-state index in [1.54, 1.807) is 0 Å². The number of alkyl halides is 2. The molecule has 2 aromatic heterocycles. The van der Waals surface area contributed by atoms with E-state index in [4.69, 9.17) is 4.98 Å². The Balaban J connectivity index is 1.55. The predicted molar refractivity (Wildman–Crippen MR) is 131 cm³/mol. The fraction of sp³-hybridized carbons (Fsp3) is 0.444. The van der Waals surface area contributed by atoms with Gasteiger partial charge in [-0.25, -0.2) is 13.8 Å². The van der Waals surface area contributed by atoms with Gasteiger partial charge in [-0.3, -0.25) is 4.68 Å². The molecule has 0 radical (unpaired) electrons. The Bertz CT molecular complexity index is 1170. The minimum absolute atomic E-state index is 0.248. The van der Waals surface area contributed by atoms with Crippen LogP contribution in [0, 0.1) is 0 Å². The summed E-state index contributed by atoms with van der Waals surface area (Å²) in [6, 6.07) is 14.1. The first-order valence-electron chi connectivity index (χ1n) is 12.0. The summed E-state index contributed by atoms with van der Waals surface area (Å²) >= 11 is 0. The number of unbranched alkanes of at least 4 members (excludes halogenated alkanes) is 7. The number of hydrogen-bond donors (Lipinski definition) is 1. The molecular weight excluding hydrogens is 404 g/mol. The molecular formula is C27H33F2N3. The Kier molecular flexibility index (Phi) is 7.56. The number of aromatic nitrogens is 2. The highest BCUT2D eigenvalue weighted by Gasteiger charge is 2.16. The molecule has 1 N–H and O–H groups in total. The molecule has 2 aromatic carbocycles. The average Bonchev–Trinajstić information content (AvgIpc) is 3.13. The highest BCUT2D eigenvalue weighted by Crippen LogP contribution is 2.31. The third-order valence-corrected chi connectivity index (χ3v) is 6.22. The van der Waals surface area contributed by atoms with Crippen LogP contribution in [0.4, 0.5) is 8.78 Å². The van der Waals surface area contributed by atoms with Crippen LogP contribution in [0.5, 0.6) is 0 Å². The first-order valence-corrected chi connectivity index (χ1v) is 12.0. The van der Waals surface area contributed by atoms with Gasteiger partial charge in [-0.2, -0.15) is 0 Å². The molecule has 0 aliphatic heterocycles. The Morgan fingerprint density at radius 3 is 2.44 bits per heavy atom. The standard InChI is InChI=1S/C27H33F2N3/c1-2-3-4-5-6-7-8-11-16-30-32-19-22(18-25(28)29)23-15-14-21-17-20-12-9-10-13-24(20)31-26(21)27(23)32/h9-10,12-15,17,19,25,30H,2-8,11,16,18H2,1H3. The molecule has 0 amide bonds. The van der Waals surface area contributed by atoms with Gasteiger partial charge in [-0.15, -0.1) is 0 Å². The van der Waals surface area contributed by atoms with E-state index in [1.807, 2.05) is 47.3 Å². The molecule has 0 saturated heterocycles. The van der Waals surface area contributed by atoms with Crippen molar-refractivity contribution in [3.8, 4) is 0 Å². The van der Waals surface area contributed by atoms with Gasteiger partial charge in [-0.1, -0.05) is 82.2 Å². The molecule has 0 unspecified atom stereocenters. The van der Waals surface area contributed by atoms with Crippen LogP contribution in [0.1, 0.15) is 63.9 Å². The zero-order valence-electron chi connectivity index (χ0n) is 18.9. The summed E-state index contributed by atoms with van der Waals surface area (Å²) in [6.45, 7) is 3.06. The molecule has 4 aromatic rings. The molecule has 3 nitrogen and oxygen atoms in total. The zero-order valence-corrected chi connectivity index (χ0v) is 18.9. The van der Waals surface area contributed by atoms with Gasteiger partial charge in [0, 0.05) is 35.3 Å². The summed E-state index contributed by atoms with van der Waals surface area (Å²) < 4.78 is 28.4. The lowest BCUT2D eigenvalue weighted by Crippen LogP contribution is -2.15. The van der Waals surface area contributed by atoms with Crippen molar-refractivity contribution < 1.29 is 8.78 Å². The first kappa shape index (κ1) is 22.5. The molecule has 170 valence electrons. The first-order chi connectivity index (χ1) is 15.7. The number of fused-ring (bicyclic) bond motifs is 4. The van der Waals surface area contributed by atoms with Gasteiger partial charge >= 0.3 is 0 Å². The highest BCUT2D eigenvalue weighted by atomic mass is 19.3. The number of halogens is 2. The molecule has 4 rings (SSSR count). The predicted octanol–water partition coefficient (Wildman–Crippen LogP) is 7.83. The van der Waals surface area contributed by atoms with Crippen LogP contribution >= 0.6 is 0 Å². The molecule has 5 heteroatoms. The van der Waals surface area contributed by atoms with Crippen molar-refractivity contribution in [1.82, 2.24) is 9.66 Å². The summed E-state index contributed by atoms with van der Waals surface area (Å²) in [6.07, 6.45) is 9.30. The molecule has 0 bridgehead atoms. The maximum Gasteiger partial charge on any atom is 0.242 e. The van der Waals surface area contributed by atoms with E-state index in [0.717, 1.165) is 45.7 Å². The Morgan fingerprint density at radius 2 is 1.66 bits per heavy atom. The summed E-state index contributed by atoms with van der Waals surface area (Å²) in [5.41, 5.74) is 6.79. The number of nitrogens with zero attached hydrogens (tertiary/aromatic N) is 2. The number of pyridine rings is 1. The molecule has 0 atom stereocenters. The number of nitrogens with one attached hydrogen (secondary N) is 1. The third-order valence-electron chi connectivity index (χ3n) is 6.22. The van der Waals surface area contributed by atoms with E-state index in [2.05, 4.69) is 18.4 Å². The Morgan fingerprint density at radius 1 is 0.906 bits per heavy atom. The van der Waals surface area contributed by atoms with Crippen molar-refractivity contribution in [1.29, 1.82) is 0 Å². The maximum atomic E-state index is 13.2. The quantitative estimate of drug-likeness (QED) is 0.181. The van der Waals surface area contributed by atoms with Crippen LogP contribution in [-0.4, -0.2) is 22.6 Å². The second kappa shape index (κ2) is 10.8. The molecule has 0 aliphatic rings. The van der Waals surface area contributed by atoms with E-state index in [0.29, 0.717) is 5.56 Å². The van der Waals surface area contributed by atoms with Crippen molar-refractivity contribution in [2.24, 2.45) is 0 Å². The van der Waals surface area contributed by atoms with Crippen molar-refractivity contribution in [3.63, 3.8) is 0 Å². The van der Waals surface area contributed by atoms with Crippen LogP contribution in [-0.2, 0) is 6.42 Å². The largest absolute Gasteiger partial charge is 0.326 e. The van der Waals surface area contributed by atoms with Crippen molar-refractivity contribution in [2.75, 3.05) is 12.0 Å². The van der Waals surface area contributed by atoms with Crippen molar-refractivity contribution in [2.45, 2.75) is 71.1 Å². The van der Waals surface area contributed by atoms with Gasteiger partial charge < -0.3 is 5.43 Å². The van der Waals surface area contributed by atoms with Crippen LogP contribution < -0.4 is 5.43 Å². The minimum Gasteiger partial charge on any atom is -0.326 e. The lowest BCUT2D eigenvalue weighted by Gasteiger charge is -2.11. The van der Waals surface area contributed by atoms with Gasteiger partial charge in [-0.05, 0) is 24.1 Å². The van der Waals surface area contributed by atoms with Crippen LogP contribution in [0.25, 0.3) is 32.7 Å². The average molecular weight is 438 g/mol. The van der Waals surface area contributed by atoms with Crippen LogP contribution in [0.2, 0.25) is 0 Å². The third kappa shape index (κ3) is 5.20. The number of rotatable bonds is 12. The second-order valence-corrected chi connectivity index (χ2v) is 8.72. The van der Waals surface area contributed by atoms with E-state index in [9.17, 15) is 8.78 Å². The summed E-state index contributed by atoms with van der Waals surface area (Å²) in [7, 11) is 0. The van der Waals surface area contributed by atoms with Crippen LogP contribution in [0.3, 0.4) is 0 Å². The van der Waals surface area contributed by atoms with Crippen molar-refractivity contribution >= 4 is 32.7 Å². The lowest BCUT2D eigenvalue weighted by molar-refractivity contribution is 0.149. The highest BCUT2D eigenvalue weighted by molar-refractivity contribution is 6.08. The van der Waals surface area contributed by atoms with E-state index in [1.165, 1.54) is 44.9 Å².